The molecule has 1 heterocycles. The summed E-state index contributed by atoms with van der Waals surface area (Å²) < 4.78 is 5.48. The van der Waals surface area contributed by atoms with E-state index in [1.54, 1.807) is 0 Å². The predicted octanol–water partition coefficient (Wildman–Crippen LogP) is 2.08. The van der Waals surface area contributed by atoms with Gasteiger partial charge in [0.25, 0.3) is 0 Å². The monoisotopic (exact) mass is 191 g/mol. The van der Waals surface area contributed by atoms with Crippen molar-refractivity contribution in [2.45, 2.75) is 25.8 Å². The average Bonchev–Trinajstić information content (AvgIpc) is 2.64. The maximum absolute atomic E-state index is 5.48. The van der Waals surface area contributed by atoms with Gasteiger partial charge in [-0.15, -0.1) is 0 Å². The Morgan fingerprint density at radius 1 is 1.36 bits per heavy atom. The lowest BCUT2D eigenvalue weighted by Gasteiger charge is -2.25. The quantitative estimate of drug-likeness (QED) is 0.772. The molecule has 1 aliphatic rings. The first kappa shape index (κ1) is 9.53. The lowest BCUT2D eigenvalue weighted by atomic mass is 9.92. The summed E-state index contributed by atoms with van der Waals surface area (Å²) in [6.45, 7) is 5.20. The number of nitrogens with one attached hydrogen (secondary N) is 1. The third-order valence-electron chi connectivity index (χ3n) is 3.04. The van der Waals surface area contributed by atoms with Crippen molar-refractivity contribution in [3.63, 3.8) is 0 Å². The lowest BCUT2D eigenvalue weighted by molar-refractivity contribution is 0.356. The number of hydrogen-bond acceptors (Lipinski definition) is 2. The molecule has 0 saturated carbocycles. The van der Waals surface area contributed by atoms with Crippen molar-refractivity contribution in [2.75, 3.05) is 13.7 Å². The van der Waals surface area contributed by atoms with E-state index >= 15 is 0 Å². The van der Waals surface area contributed by atoms with E-state index in [1.165, 1.54) is 11.1 Å². The Morgan fingerprint density at radius 3 is 2.86 bits per heavy atom. The number of fused-ring (bicyclic) bond motifs is 1. The van der Waals surface area contributed by atoms with Crippen LogP contribution in [0.25, 0.3) is 0 Å². The van der Waals surface area contributed by atoms with Gasteiger partial charge in [0.15, 0.2) is 0 Å². The summed E-state index contributed by atoms with van der Waals surface area (Å²) in [5.74, 6) is 1.06. The fourth-order valence-corrected chi connectivity index (χ4v) is 1.72. The Morgan fingerprint density at radius 2 is 2.14 bits per heavy atom. The van der Waals surface area contributed by atoms with E-state index in [-0.39, 0.29) is 5.54 Å². The SMILES string of the molecule is CNC(C)(C)c1ccc2c(c1)CCO2. The molecular formula is C12H17NO. The summed E-state index contributed by atoms with van der Waals surface area (Å²) in [4.78, 5) is 0. The van der Waals surface area contributed by atoms with Crippen molar-refractivity contribution < 1.29 is 4.74 Å². The van der Waals surface area contributed by atoms with Crippen LogP contribution in [0, 0.1) is 0 Å². The molecule has 14 heavy (non-hydrogen) atoms. The first-order valence-corrected chi connectivity index (χ1v) is 5.08. The smallest absolute Gasteiger partial charge is 0.122 e. The number of benzene rings is 1. The Bertz CT molecular complexity index is 344. The maximum atomic E-state index is 5.48. The fraction of sp³-hybridized carbons (Fsp3) is 0.500. The highest BCUT2D eigenvalue weighted by atomic mass is 16.5. The molecule has 0 spiro atoms. The van der Waals surface area contributed by atoms with Crippen LogP contribution in [0.5, 0.6) is 5.75 Å². The van der Waals surface area contributed by atoms with Crippen LogP contribution in [0.4, 0.5) is 0 Å². The van der Waals surface area contributed by atoms with Gasteiger partial charge >= 0.3 is 0 Å². The van der Waals surface area contributed by atoms with Crippen molar-refractivity contribution in [1.82, 2.24) is 5.32 Å². The third kappa shape index (κ3) is 1.50. The molecule has 0 saturated heterocycles. The predicted molar refractivity (Wildman–Crippen MR) is 57.7 cm³/mol. The van der Waals surface area contributed by atoms with Crippen LogP contribution in [0.1, 0.15) is 25.0 Å². The summed E-state index contributed by atoms with van der Waals surface area (Å²) in [6, 6.07) is 6.47. The molecule has 2 rings (SSSR count). The van der Waals surface area contributed by atoms with Crippen molar-refractivity contribution in [3.05, 3.63) is 29.3 Å². The Kier molecular flexibility index (Phi) is 2.23. The zero-order valence-electron chi connectivity index (χ0n) is 9.05. The number of ether oxygens (including phenoxy) is 1. The summed E-state index contributed by atoms with van der Waals surface area (Å²) in [7, 11) is 1.99. The first-order chi connectivity index (χ1) is 6.63. The zero-order valence-corrected chi connectivity index (χ0v) is 9.05. The minimum atomic E-state index is 0.0393. The maximum Gasteiger partial charge on any atom is 0.122 e. The van der Waals surface area contributed by atoms with Crippen LogP contribution in [0.3, 0.4) is 0 Å². The van der Waals surface area contributed by atoms with Gasteiger partial charge in [-0.2, -0.15) is 0 Å². The number of rotatable bonds is 2. The van der Waals surface area contributed by atoms with Crippen molar-refractivity contribution in [3.8, 4) is 5.75 Å². The van der Waals surface area contributed by atoms with Crippen LogP contribution in [0.2, 0.25) is 0 Å². The van der Waals surface area contributed by atoms with Crippen LogP contribution < -0.4 is 10.1 Å². The minimum absolute atomic E-state index is 0.0393. The van der Waals surface area contributed by atoms with Crippen molar-refractivity contribution in [1.29, 1.82) is 0 Å². The van der Waals surface area contributed by atoms with Gasteiger partial charge in [0.2, 0.25) is 0 Å². The standard InChI is InChI=1S/C12H17NO/c1-12(2,13-3)10-4-5-11-9(8-10)6-7-14-11/h4-5,8,13H,6-7H2,1-3H3. The zero-order chi connectivity index (χ0) is 10.2. The molecule has 1 aromatic carbocycles. The highest BCUT2D eigenvalue weighted by Gasteiger charge is 2.20. The highest BCUT2D eigenvalue weighted by molar-refractivity contribution is 5.41. The van der Waals surface area contributed by atoms with Gasteiger partial charge in [-0.05, 0) is 38.1 Å². The number of hydrogen-bond donors (Lipinski definition) is 1. The molecule has 76 valence electrons. The Labute approximate surface area is 85.3 Å². The van der Waals surface area contributed by atoms with E-state index in [2.05, 4.69) is 37.4 Å². The van der Waals surface area contributed by atoms with Crippen molar-refractivity contribution >= 4 is 0 Å². The van der Waals surface area contributed by atoms with Crippen LogP contribution in [-0.4, -0.2) is 13.7 Å². The molecular weight excluding hydrogens is 174 g/mol. The van der Waals surface area contributed by atoms with E-state index in [9.17, 15) is 0 Å². The van der Waals surface area contributed by atoms with Gasteiger partial charge < -0.3 is 10.1 Å². The Hall–Kier alpha value is -1.02. The van der Waals surface area contributed by atoms with Gasteiger partial charge in [-0.25, -0.2) is 0 Å². The Balaban J connectivity index is 2.38. The second-order valence-corrected chi connectivity index (χ2v) is 4.30. The van der Waals surface area contributed by atoms with Crippen LogP contribution in [-0.2, 0) is 12.0 Å². The first-order valence-electron chi connectivity index (χ1n) is 5.08. The highest BCUT2D eigenvalue weighted by Crippen LogP contribution is 2.29. The van der Waals surface area contributed by atoms with Gasteiger partial charge in [0.05, 0.1) is 6.61 Å². The molecule has 0 fully saturated rings. The molecule has 0 aromatic heterocycles. The normalized spacial score (nSPS) is 15.1. The summed E-state index contributed by atoms with van der Waals surface area (Å²) in [5.41, 5.74) is 2.70. The van der Waals surface area contributed by atoms with E-state index in [0.29, 0.717) is 0 Å². The fourth-order valence-electron chi connectivity index (χ4n) is 1.72. The summed E-state index contributed by atoms with van der Waals surface area (Å²) in [5, 5.41) is 3.31. The van der Waals surface area contributed by atoms with Gasteiger partial charge in [0.1, 0.15) is 5.75 Å². The summed E-state index contributed by atoms with van der Waals surface area (Å²) >= 11 is 0. The molecule has 0 bridgehead atoms. The molecule has 1 aliphatic heterocycles. The summed E-state index contributed by atoms with van der Waals surface area (Å²) in [6.07, 6.45) is 1.04. The largest absolute Gasteiger partial charge is 0.493 e. The molecule has 0 aliphatic carbocycles. The van der Waals surface area contributed by atoms with Gasteiger partial charge in [0, 0.05) is 12.0 Å². The molecule has 1 aromatic rings. The lowest BCUT2D eigenvalue weighted by Crippen LogP contribution is -2.33. The molecule has 0 radical (unpaired) electrons. The molecule has 0 unspecified atom stereocenters. The molecule has 2 nitrogen and oxygen atoms in total. The second-order valence-electron chi connectivity index (χ2n) is 4.30. The molecule has 1 N–H and O–H groups in total. The minimum Gasteiger partial charge on any atom is -0.493 e. The van der Waals surface area contributed by atoms with Crippen LogP contribution in [0.15, 0.2) is 18.2 Å². The molecule has 0 atom stereocenters. The van der Waals surface area contributed by atoms with E-state index in [4.69, 9.17) is 4.74 Å². The van der Waals surface area contributed by atoms with E-state index in [1.807, 2.05) is 7.05 Å². The van der Waals surface area contributed by atoms with Gasteiger partial charge in [-0.1, -0.05) is 12.1 Å². The average molecular weight is 191 g/mol. The molecule has 2 heteroatoms. The third-order valence-corrected chi connectivity index (χ3v) is 3.04. The van der Waals surface area contributed by atoms with E-state index in [0.717, 1.165) is 18.8 Å². The van der Waals surface area contributed by atoms with E-state index < -0.39 is 0 Å². The van der Waals surface area contributed by atoms with Crippen molar-refractivity contribution in [2.24, 2.45) is 0 Å². The topological polar surface area (TPSA) is 21.3 Å². The van der Waals surface area contributed by atoms with Crippen LogP contribution >= 0.6 is 0 Å². The second kappa shape index (κ2) is 3.28. The van der Waals surface area contributed by atoms with Gasteiger partial charge in [-0.3, -0.25) is 0 Å². The molecule has 0 amide bonds.